The zero-order valence-electron chi connectivity index (χ0n) is 16.5. The second-order valence-corrected chi connectivity index (χ2v) is 8.51. The summed E-state index contributed by atoms with van der Waals surface area (Å²) in [5.41, 5.74) is 1.89. The van der Waals surface area contributed by atoms with Crippen LogP contribution in [0.5, 0.6) is 0 Å². The number of urea groups is 1. The predicted octanol–water partition coefficient (Wildman–Crippen LogP) is 5.47. The van der Waals surface area contributed by atoms with Gasteiger partial charge in [0.1, 0.15) is 5.57 Å². The topological polar surface area (TPSA) is 66.5 Å². The number of rotatable bonds is 4. The fraction of sp³-hybridized carbons (Fsp3) is 0.0417. The van der Waals surface area contributed by atoms with Gasteiger partial charge in [0.05, 0.1) is 5.69 Å². The minimum atomic E-state index is -0.757. The summed E-state index contributed by atoms with van der Waals surface area (Å²) in [6.45, 7) is 1.86. The van der Waals surface area contributed by atoms with Crippen molar-refractivity contribution in [2.45, 2.75) is 16.7 Å². The predicted molar refractivity (Wildman–Crippen MR) is 122 cm³/mol. The molecule has 7 heteroatoms. The second-order valence-electron chi connectivity index (χ2n) is 6.92. The highest BCUT2D eigenvalue weighted by molar-refractivity contribution is 7.99. The molecule has 0 spiro atoms. The van der Waals surface area contributed by atoms with E-state index in [9.17, 15) is 14.4 Å². The number of nitrogens with one attached hydrogen (secondary N) is 1. The van der Waals surface area contributed by atoms with Gasteiger partial charge >= 0.3 is 6.03 Å². The van der Waals surface area contributed by atoms with Crippen molar-refractivity contribution in [1.29, 1.82) is 0 Å². The van der Waals surface area contributed by atoms with E-state index in [-0.39, 0.29) is 5.57 Å². The van der Waals surface area contributed by atoms with Gasteiger partial charge in [-0.15, -0.1) is 0 Å². The van der Waals surface area contributed by atoms with Crippen LogP contribution in [0.2, 0.25) is 5.02 Å². The molecule has 0 radical (unpaired) electrons. The molecular formula is C24H17ClN2O3S. The summed E-state index contributed by atoms with van der Waals surface area (Å²) in [5.74, 6) is -1.36. The average molecular weight is 449 g/mol. The maximum atomic E-state index is 13.0. The Morgan fingerprint density at radius 3 is 2.19 bits per heavy atom. The quantitative estimate of drug-likeness (QED) is 0.424. The van der Waals surface area contributed by atoms with Crippen LogP contribution >= 0.6 is 23.4 Å². The molecule has 3 aromatic carbocycles. The van der Waals surface area contributed by atoms with Crippen molar-refractivity contribution in [3.63, 3.8) is 0 Å². The van der Waals surface area contributed by atoms with E-state index in [2.05, 4.69) is 5.32 Å². The van der Waals surface area contributed by atoms with Crippen LogP contribution in [0.4, 0.5) is 10.5 Å². The van der Waals surface area contributed by atoms with Crippen molar-refractivity contribution in [3.8, 4) is 0 Å². The molecule has 0 aliphatic carbocycles. The highest BCUT2D eigenvalue weighted by atomic mass is 35.5. The molecule has 0 unspecified atom stereocenters. The summed E-state index contributed by atoms with van der Waals surface area (Å²) in [6.07, 6.45) is 1.49. The first-order valence-corrected chi connectivity index (χ1v) is 10.6. The van der Waals surface area contributed by atoms with Crippen molar-refractivity contribution >= 4 is 53.0 Å². The van der Waals surface area contributed by atoms with E-state index < -0.39 is 17.8 Å². The van der Waals surface area contributed by atoms with E-state index in [1.54, 1.807) is 30.0 Å². The van der Waals surface area contributed by atoms with Gasteiger partial charge in [-0.05, 0) is 72.7 Å². The third-order valence-corrected chi connectivity index (χ3v) is 5.87. The Labute approximate surface area is 188 Å². The van der Waals surface area contributed by atoms with Gasteiger partial charge in [0.25, 0.3) is 11.8 Å². The number of anilines is 1. The summed E-state index contributed by atoms with van der Waals surface area (Å²) in [4.78, 5) is 40.6. The second kappa shape index (κ2) is 8.79. The van der Waals surface area contributed by atoms with E-state index in [1.807, 2.05) is 61.5 Å². The number of imide groups is 2. The van der Waals surface area contributed by atoms with Gasteiger partial charge in [0.2, 0.25) is 0 Å². The smallest absolute Gasteiger partial charge is 0.273 e. The number of carbonyl (C=O) groups is 3. The number of nitrogens with zero attached hydrogens (tertiary/aromatic N) is 1. The first-order chi connectivity index (χ1) is 14.9. The van der Waals surface area contributed by atoms with Gasteiger partial charge in [0.15, 0.2) is 0 Å². The number of hydrogen-bond acceptors (Lipinski definition) is 4. The molecule has 1 aliphatic heterocycles. The lowest BCUT2D eigenvalue weighted by atomic mass is 10.1. The summed E-state index contributed by atoms with van der Waals surface area (Å²) >= 11 is 7.49. The molecule has 1 heterocycles. The lowest BCUT2D eigenvalue weighted by molar-refractivity contribution is -0.122. The minimum absolute atomic E-state index is 0.0980. The summed E-state index contributed by atoms with van der Waals surface area (Å²) in [6, 6.07) is 21.2. The fourth-order valence-corrected chi connectivity index (χ4v) is 4.04. The molecule has 0 aromatic heterocycles. The van der Waals surface area contributed by atoms with Crippen LogP contribution < -0.4 is 10.2 Å². The van der Waals surface area contributed by atoms with Gasteiger partial charge in [-0.3, -0.25) is 14.9 Å². The molecule has 3 aromatic rings. The standard InChI is InChI=1S/C24H17ClN2O3S/c1-15-3-2-4-18(13-15)27-23(29)21(22(28)26-24(27)30)14-16-5-9-19(10-6-16)31-20-11-7-17(25)8-12-20/h2-14H,1H3,(H,26,28,30)/b21-14+. The van der Waals surface area contributed by atoms with Crippen LogP contribution in [-0.4, -0.2) is 17.8 Å². The molecule has 1 aliphatic rings. The number of halogens is 1. The highest BCUT2D eigenvalue weighted by Crippen LogP contribution is 2.29. The molecule has 1 fully saturated rings. The van der Waals surface area contributed by atoms with Crippen molar-refractivity contribution in [1.82, 2.24) is 5.32 Å². The Kier molecular flexibility index (Phi) is 5.93. The minimum Gasteiger partial charge on any atom is -0.273 e. The lowest BCUT2D eigenvalue weighted by Gasteiger charge is -2.26. The van der Waals surface area contributed by atoms with Crippen LogP contribution in [0.25, 0.3) is 6.08 Å². The normalized spacial score (nSPS) is 15.4. The van der Waals surface area contributed by atoms with Crippen LogP contribution in [0.3, 0.4) is 0 Å². The number of hydrogen-bond donors (Lipinski definition) is 1. The van der Waals surface area contributed by atoms with Crippen molar-refractivity contribution in [2.75, 3.05) is 4.90 Å². The Bertz CT molecular complexity index is 1200. The largest absolute Gasteiger partial charge is 0.335 e. The Hall–Kier alpha value is -3.35. The third kappa shape index (κ3) is 4.71. The van der Waals surface area contributed by atoms with E-state index in [1.165, 1.54) is 6.08 Å². The van der Waals surface area contributed by atoms with Crippen molar-refractivity contribution in [3.05, 3.63) is 94.5 Å². The Morgan fingerprint density at radius 2 is 1.55 bits per heavy atom. The van der Waals surface area contributed by atoms with Crippen LogP contribution in [0.1, 0.15) is 11.1 Å². The van der Waals surface area contributed by atoms with E-state index >= 15 is 0 Å². The molecule has 1 saturated heterocycles. The summed E-state index contributed by atoms with van der Waals surface area (Å²) < 4.78 is 0. The van der Waals surface area contributed by atoms with Crippen molar-refractivity contribution in [2.24, 2.45) is 0 Å². The first-order valence-electron chi connectivity index (χ1n) is 9.42. The Balaban J connectivity index is 1.57. The van der Waals surface area contributed by atoms with Crippen LogP contribution in [-0.2, 0) is 9.59 Å². The Morgan fingerprint density at radius 1 is 0.903 bits per heavy atom. The molecular weight excluding hydrogens is 432 g/mol. The third-order valence-electron chi connectivity index (χ3n) is 4.60. The first kappa shape index (κ1) is 20.9. The molecule has 5 nitrogen and oxygen atoms in total. The van der Waals surface area contributed by atoms with Gasteiger partial charge in [-0.1, -0.05) is 47.6 Å². The van der Waals surface area contributed by atoms with E-state index in [4.69, 9.17) is 11.6 Å². The number of amides is 4. The zero-order chi connectivity index (χ0) is 22.0. The monoisotopic (exact) mass is 448 g/mol. The highest BCUT2D eigenvalue weighted by Gasteiger charge is 2.36. The summed E-state index contributed by atoms with van der Waals surface area (Å²) in [5, 5.41) is 2.92. The maximum Gasteiger partial charge on any atom is 0.335 e. The van der Waals surface area contributed by atoms with E-state index in [0.29, 0.717) is 16.3 Å². The average Bonchev–Trinajstić information content (AvgIpc) is 2.74. The van der Waals surface area contributed by atoms with Crippen LogP contribution in [0.15, 0.2) is 88.2 Å². The fourth-order valence-electron chi connectivity index (χ4n) is 3.10. The van der Waals surface area contributed by atoms with Gasteiger partial charge < -0.3 is 0 Å². The molecule has 4 amide bonds. The lowest BCUT2D eigenvalue weighted by Crippen LogP contribution is -2.54. The molecule has 0 atom stereocenters. The molecule has 1 N–H and O–H groups in total. The molecule has 0 saturated carbocycles. The van der Waals surface area contributed by atoms with Gasteiger partial charge in [-0.25, -0.2) is 9.69 Å². The van der Waals surface area contributed by atoms with Crippen LogP contribution in [0, 0.1) is 6.92 Å². The number of aryl methyl sites for hydroxylation is 1. The molecule has 154 valence electrons. The number of benzene rings is 3. The van der Waals surface area contributed by atoms with Gasteiger partial charge in [0, 0.05) is 14.8 Å². The molecule has 4 rings (SSSR count). The molecule has 31 heavy (non-hydrogen) atoms. The number of barbiturate groups is 1. The summed E-state index contributed by atoms with van der Waals surface area (Å²) in [7, 11) is 0. The van der Waals surface area contributed by atoms with E-state index in [0.717, 1.165) is 20.3 Å². The number of carbonyl (C=O) groups excluding carboxylic acids is 3. The van der Waals surface area contributed by atoms with Crippen molar-refractivity contribution < 1.29 is 14.4 Å². The maximum absolute atomic E-state index is 13.0. The van der Waals surface area contributed by atoms with Gasteiger partial charge in [-0.2, -0.15) is 0 Å². The molecule has 0 bridgehead atoms. The zero-order valence-corrected chi connectivity index (χ0v) is 18.0. The SMILES string of the molecule is Cc1cccc(N2C(=O)NC(=O)/C(=C\c3ccc(Sc4ccc(Cl)cc4)cc3)C2=O)c1.